The molecule has 2 aliphatic rings. The Bertz CT molecular complexity index is 1410. The van der Waals surface area contributed by atoms with E-state index in [0.29, 0.717) is 18.9 Å². The van der Waals surface area contributed by atoms with E-state index >= 15 is 0 Å². The van der Waals surface area contributed by atoms with E-state index in [9.17, 15) is 4.79 Å². The molecule has 10 heteroatoms. The van der Waals surface area contributed by atoms with Crippen LogP contribution in [0.25, 0.3) is 34.0 Å². The zero-order valence-electron chi connectivity index (χ0n) is 20.8. The zero-order valence-corrected chi connectivity index (χ0v) is 20.8. The zero-order chi connectivity index (χ0) is 24.8. The van der Waals surface area contributed by atoms with E-state index in [1.54, 1.807) is 6.20 Å². The van der Waals surface area contributed by atoms with Crippen LogP contribution in [0.5, 0.6) is 0 Å². The van der Waals surface area contributed by atoms with Crippen molar-refractivity contribution in [1.29, 1.82) is 0 Å². The van der Waals surface area contributed by atoms with E-state index in [4.69, 9.17) is 4.98 Å². The highest BCUT2D eigenvalue weighted by Crippen LogP contribution is 2.32. The third-order valence-electron chi connectivity index (χ3n) is 6.87. The fraction of sp³-hybridized carbons (Fsp3) is 0.346. The van der Waals surface area contributed by atoms with Gasteiger partial charge in [-0.1, -0.05) is 6.07 Å². The summed E-state index contributed by atoms with van der Waals surface area (Å²) in [7, 11) is 4.00. The topological polar surface area (TPSA) is 99.1 Å². The van der Waals surface area contributed by atoms with E-state index in [0.717, 1.165) is 71.5 Å². The summed E-state index contributed by atoms with van der Waals surface area (Å²) < 4.78 is 1.81. The molecule has 2 amide bonds. The van der Waals surface area contributed by atoms with Crippen LogP contribution in [0, 0.1) is 6.92 Å². The van der Waals surface area contributed by atoms with Crippen molar-refractivity contribution in [1.82, 2.24) is 44.4 Å². The van der Waals surface area contributed by atoms with Crippen molar-refractivity contribution in [3.63, 3.8) is 0 Å². The number of carbonyl (C=O) groups excluding carboxylic acids is 1. The van der Waals surface area contributed by atoms with Crippen molar-refractivity contribution in [3.05, 3.63) is 59.8 Å². The molecule has 0 atom stereocenters. The number of nitrogens with zero attached hydrogens (tertiary/aromatic N) is 8. The molecule has 0 unspecified atom stereocenters. The Morgan fingerprint density at radius 2 is 1.81 bits per heavy atom. The van der Waals surface area contributed by atoms with Crippen LogP contribution < -0.4 is 0 Å². The number of amides is 2. The minimum atomic E-state index is 0.0880. The van der Waals surface area contributed by atoms with Crippen LogP contribution in [0.1, 0.15) is 17.1 Å². The SMILES string of the molecule is Cc1cccc(-c2nn(C)cc2-c2ccnc(-c3nc4c([nH]3)CN(C(=O)N3CCN(C)CC3)C4)c2)n1. The maximum absolute atomic E-state index is 13.0. The van der Waals surface area contributed by atoms with Gasteiger partial charge < -0.3 is 19.7 Å². The summed E-state index contributed by atoms with van der Waals surface area (Å²) in [6.07, 6.45) is 3.80. The maximum atomic E-state index is 13.0. The van der Waals surface area contributed by atoms with Gasteiger partial charge in [-0.2, -0.15) is 5.10 Å². The van der Waals surface area contributed by atoms with Crippen molar-refractivity contribution in [3.8, 4) is 34.0 Å². The van der Waals surface area contributed by atoms with Crippen molar-refractivity contribution in [2.24, 2.45) is 7.05 Å². The van der Waals surface area contributed by atoms with Gasteiger partial charge in [0.1, 0.15) is 11.4 Å². The lowest BCUT2D eigenvalue weighted by atomic mass is 10.0. The van der Waals surface area contributed by atoms with Crippen LogP contribution >= 0.6 is 0 Å². The van der Waals surface area contributed by atoms with Gasteiger partial charge in [0.2, 0.25) is 0 Å². The van der Waals surface area contributed by atoms with Crippen LogP contribution in [0.4, 0.5) is 4.79 Å². The lowest BCUT2D eigenvalue weighted by Crippen LogP contribution is -2.50. The predicted molar refractivity (Wildman–Crippen MR) is 136 cm³/mol. The van der Waals surface area contributed by atoms with E-state index in [2.05, 4.69) is 32.0 Å². The van der Waals surface area contributed by atoms with Gasteiger partial charge in [-0.3, -0.25) is 14.6 Å². The highest BCUT2D eigenvalue weighted by molar-refractivity contribution is 5.80. The maximum Gasteiger partial charge on any atom is 0.320 e. The summed E-state index contributed by atoms with van der Waals surface area (Å²) in [6, 6.07) is 10.0. The van der Waals surface area contributed by atoms with Crippen LogP contribution in [0.2, 0.25) is 0 Å². The van der Waals surface area contributed by atoms with Gasteiger partial charge in [0.05, 0.1) is 30.2 Å². The van der Waals surface area contributed by atoms with E-state index in [1.807, 2.05) is 65.0 Å². The first-order valence-electron chi connectivity index (χ1n) is 12.2. The number of hydrogen-bond donors (Lipinski definition) is 1. The average Bonchev–Trinajstić information content (AvgIpc) is 3.57. The molecule has 0 bridgehead atoms. The van der Waals surface area contributed by atoms with Gasteiger partial charge in [0.15, 0.2) is 5.82 Å². The number of H-pyrrole nitrogens is 1. The molecule has 0 saturated carbocycles. The molecule has 4 aromatic rings. The average molecular weight is 484 g/mol. The minimum absolute atomic E-state index is 0.0880. The van der Waals surface area contributed by atoms with Crippen molar-refractivity contribution in [2.45, 2.75) is 20.0 Å². The van der Waals surface area contributed by atoms with Gasteiger partial charge in [-0.05, 0) is 43.8 Å². The first kappa shape index (κ1) is 22.4. The Kier molecular flexibility index (Phi) is 5.52. The highest BCUT2D eigenvalue weighted by atomic mass is 16.2. The number of carbonyl (C=O) groups is 1. The van der Waals surface area contributed by atoms with Crippen LogP contribution in [0.15, 0.2) is 42.7 Å². The summed E-state index contributed by atoms with van der Waals surface area (Å²) in [5.41, 5.74) is 7.24. The smallest absolute Gasteiger partial charge is 0.320 e. The molecule has 6 heterocycles. The number of imidazole rings is 1. The number of likely N-dealkylation sites (N-methyl/N-ethyl adjacent to an activating group) is 1. The summed E-state index contributed by atoms with van der Waals surface area (Å²) in [5.74, 6) is 0.715. The molecule has 1 saturated heterocycles. The quantitative estimate of drug-likeness (QED) is 0.481. The summed E-state index contributed by atoms with van der Waals surface area (Å²) in [4.78, 5) is 36.5. The summed E-state index contributed by atoms with van der Waals surface area (Å²) in [6.45, 7) is 6.39. The van der Waals surface area contributed by atoms with E-state index in [1.165, 1.54) is 0 Å². The van der Waals surface area contributed by atoms with Crippen LogP contribution in [-0.2, 0) is 20.1 Å². The second-order valence-corrected chi connectivity index (χ2v) is 9.60. The van der Waals surface area contributed by atoms with Gasteiger partial charge in [0, 0.05) is 56.9 Å². The van der Waals surface area contributed by atoms with Gasteiger partial charge in [0.25, 0.3) is 0 Å². The number of hydrogen-bond acceptors (Lipinski definition) is 6. The number of nitrogens with one attached hydrogen (secondary N) is 1. The third-order valence-corrected chi connectivity index (χ3v) is 6.87. The third kappa shape index (κ3) is 4.13. The summed E-state index contributed by atoms with van der Waals surface area (Å²) >= 11 is 0. The fourth-order valence-electron chi connectivity index (χ4n) is 4.88. The Hall–Kier alpha value is -4.05. The number of rotatable bonds is 3. The standard InChI is InChI=1S/C26H29N9O/c1-17-5-4-6-20(28-17)24-19(14-33(3)31-24)18-7-8-27-21(13-18)25-29-22-15-35(16-23(22)30-25)26(36)34-11-9-32(2)10-12-34/h4-8,13-14H,9-12,15-16H2,1-3H3,(H,29,30). The number of piperazine rings is 1. The molecule has 184 valence electrons. The molecule has 1 N–H and O–H groups in total. The Morgan fingerprint density at radius 3 is 2.58 bits per heavy atom. The Morgan fingerprint density at radius 1 is 0.972 bits per heavy atom. The van der Waals surface area contributed by atoms with Gasteiger partial charge in [-0.15, -0.1) is 0 Å². The second-order valence-electron chi connectivity index (χ2n) is 9.60. The van der Waals surface area contributed by atoms with E-state index in [-0.39, 0.29) is 6.03 Å². The molecule has 0 aromatic carbocycles. The number of urea groups is 1. The van der Waals surface area contributed by atoms with Crippen molar-refractivity contribution in [2.75, 3.05) is 33.2 Å². The monoisotopic (exact) mass is 483 g/mol. The highest BCUT2D eigenvalue weighted by Gasteiger charge is 2.31. The van der Waals surface area contributed by atoms with Crippen molar-refractivity contribution < 1.29 is 4.79 Å². The molecule has 0 spiro atoms. The fourth-order valence-corrected chi connectivity index (χ4v) is 4.88. The van der Waals surface area contributed by atoms with Gasteiger partial charge >= 0.3 is 6.03 Å². The molecular formula is C26H29N9O. The second kappa shape index (κ2) is 8.87. The first-order valence-corrected chi connectivity index (χ1v) is 12.2. The van der Waals surface area contributed by atoms with Crippen LogP contribution in [0.3, 0.4) is 0 Å². The minimum Gasteiger partial charge on any atom is -0.339 e. The Labute approximate surface area is 209 Å². The van der Waals surface area contributed by atoms with E-state index < -0.39 is 0 Å². The van der Waals surface area contributed by atoms with Gasteiger partial charge in [-0.25, -0.2) is 9.78 Å². The number of aromatic nitrogens is 6. The number of aryl methyl sites for hydroxylation is 2. The molecule has 0 radical (unpaired) electrons. The van der Waals surface area contributed by atoms with Crippen molar-refractivity contribution >= 4 is 6.03 Å². The molecule has 4 aromatic heterocycles. The molecule has 0 aliphatic carbocycles. The molecule has 2 aliphatic heterocycles. The number of pyridine rings is 2. The summed E-state index contributed by atoms with van der Waals surface area (Å²) in [5, 5.41) is 4.68. The normalized spacial score (nSPS) is 16.0. The molecule has 1 fully saturated rings. The number of aromatic amines is 1. The predicted octanol–water partition coefficient (Wildman–Crippen LogP) is 2.93. The molecule has 10 nitrogen and oxygen atoms in total. The molecular weight excluding hydrogens is 454 g/mol. The van der Waals surface area contributed by atoms with Crippen LogP contribution in [-0.4, -0.2) is 83.7 Å². The lowest BCUT2D eigenvalue weighted by molar-refractivity contribution is 0.121. The molecule has 6 rings (SSSR count). The first-order chi connectivity index (χ1) is 17.4. The largest absolute Gasteiger partial charge is 0.339 e. The Balaban J connectivity index is 1.23. The lowest BCUT2D eigenvalue weighted by Gasteiger charge is -2.34. The number of fused-ring (bicyclic) bond motifs is 1. The molecule has 36 heavy (non-hydrogen) atoms.